The number of phenols is 1. The molecule has 0 aliphatic heterocycles. The Kier molecular flexibility index (Phi) is 4.15. The molecule has 0 atom stereocenters. The molecule has 0 heterocycles. The van der Waals surface area contributed by atoms with E-state index in [2.05, 4.69) is 4.72 Å². The Morgan fingerprint density at radius 2 is 2.06 bits per heavy atom. The van der Waals surface area contributed by atoms with E-state index >= 15 is 0 Å². The van der Waals surface area contributed by atoms with E-state index in [-0.39, 0.29) is 28.8 Å². The number of sulfonamides is 1. The Morgan fingerprint density at radius 1 is 1.44 bits per heavy atom. The third-order valence-corrected chi connectivity index (χ3v) is 3.83. The minimum Gasteiger partial charge on any atom is -0.507 e. The van der Waals surface area contributed by atoms with Gasteiger partial charge in [-0.15, -0.1) is 0 Å². The van der Waals surface area contributed by atoms with Crippen LogP contribution in [0.15, 0.2) is 17.0 Å². The van der Waals surface area contributed by atoms with E-state index in [1.54, 1.807) is 6.92 Å². The molecule has 3 N–H and O–H groups in total. The highest BCUT2D eigenvalue weighted by Crippen LogP contribution is 2.28. The molecule has 1 aromatic rings. The Labute approximate surface area is 98.7 Å². The highest BCUT2D eigenvalue weighted by molar-refractivity contribution is 7.89. The second-order valence-electron chi connectivity index (χ2n) is 3.19. The van der Waals surface area contributed by atoms with Crippen LogP contribution in [0.2, 0.25) is 5.02 Å². The van der Waals surface area contributed by atoms with Crippen LogP contribution in [0, 0.1) is 6.92 Å². The molecule has 16 heavy (non-hydrogen) atoms. The molecule has 1 rings (SSSR count). The van der Waals surface area contributed by atoms with Crippen LogP contribution in [0.5, 0.6) is 5.75 Å². The number of nitrogens with one attached hydrogen (secondary N) is 1. The molecule has 0 aliphatic carbocycles. The van der Waals surface area contributed by atoms with Gasteiger partial charge in [0.25, 0.3) is 0 Å². The van der Waals surface area contributed by atoms with Gasteiger partial charge in [-0.1, -0.05) is 11.6 Å². The molecule has 0 bridgehead atoms. The van der Waals surface area contributed by atoms with Crippen LogP contribution in [-0.4, -0.2) is 31.8 Å². The number of phenolic OH excluding ortho intramolecular Hbond substituents is 1. The number of halogens is 1. The fourth-order valence-electron chi connectivity index (χ4n) is 1.12. The van der Waals surface area contributed by atoms with Crippen molar-refractivity contribution in [3.05, 3.63) is 22.7 Å². The van der Waals surface area contributed by atoms with Crippen LogP contribution in [0.4, 0.5) is 0 Å². The van der Waals surface area contributed by atoms with Gasteiger partial charge in [-0.3, -0.25) is 0 Å². The van der Waals surface area contributed by atoms with Gasteiger partial charge < -0.3 is 10.2 Å². The Morgan fingerprint density at radius 3 is 2.62 bits per heavy atom. The standard InChI is InChI=1S/C9H12ClNO4S/c1-6-4-8(13)9(5-7(6)10)16(14,15)11-2-3-12/h4-5,11-13H,2-3H2,1H3. The molecule has 0 aromatic heterocycles. The van der Waals surface area contributed by atoms with Crippen LogP contribution in [0.3, 0.4) is 0 Å². The van der Waals surface area contributed by atoms with Crippen molar-refractivity contribution in [2.45, 2.75) is 11.8 Å². The van der Waals surface area contributed by atoms with Gasteiger partial charge in [0.15, 0.2) is 0 Å². The summed E-state index contributed by atoms with van der Waals surface area (Å²) in [6, 6.07) is 2.45. The normalized spacial score (nSPS) is 11.7. The summed E-state index contributed by atoms with van der Waals surface area (Å²) in [5.41, 5.74) is 0.584. The Balaban J connectivity index is 3.18. The van der Waals surface area contributed by atoms with Crippen molar-refractivity contribution >= 4 is 21.6 Å². The summed E-state index contributed by atoms with van der Waals surface area (Å²) in [5.74, 6) is -0.368. The summed E-state index contributed by atoms with van der Waals surface area (Å²) in [6.07, 6.45) is 0. The molecular formula is C9H12ClNO4S. The summed E-state index contributed by atoms with van der Waals surface area (Å²) < 4.78 is 25.4. The lowest BCUT2D eigenvalue weighted by molar-refractivity contribution is 0.301. The quantitative estimate of drug-likeness (QED) is 0.745. The second-order valence-corrected chi connectivity index (χ2v) is 5.33. The fraction of sp³-hybridized carbons (Fsp3) is 0.333. The van der Waals surface area contributed by atoms with Gasteiger partial charge in [-0.2, -0.15) is 0 Å². The van der Waals surface area contributed by atoms with Crippen LogP contribution >= 0.6 is 11.6 Å². The van der Waals surface area contributed by atoms with E-state index in [0.29, 0.717) is 5.56 Å². The second kappa shape index (κ2) is 5.01. The summed E-state index contributed by atoms with van der Waals surface area (Å²) in [6.45, 7) is 1.21. The van der Waals surface area contributed by atoms with Crippen molar-refractivity contribution in [3.8, 4) is 5.75 Å². The van der Waals surface area contributed by atoms with Crippen molar-refractivity contribution in [1.82, 2.24) is 4.72 Å². The highest BCUT2D eigenvalue weighted by Gasteiger charge is 2.19. The first-order valence-electron chi connectivity index (χ1n) is 4.48. The van der Waals surface area contributed by atoms with Gasteiger partial charge in [0.2, 0.25) is 10.0 Å². The lowest BCUT2D eigenvalue weighted by Gasteiger charge is -2.09. The van der Waals surface area contributed by atoms with Crippen molar-refractivity contribution in [3.63, 3.8) is 0 Å². The predicted octanol–water partition coefficient (Wildman–Crippen LogP) is 0.625. The van der Waals surface area contributed by atoms with E-state index in [9.17, 15) is 13.5 Å². The molecule has 1 aromatic carbocycles. The van der Waals surface area contributed by atoms with Gasteiger partial charge in [0.1, 0.15) is 10.6 Å². The number of benzene rings is 1. The van der Waals surface area contributed by atoms with Crippen molar-refractivity contribution in [1.29, 1.82) is 0 Å². The van der Waals surface area contributed by atoms with Crippen molar-refractivity contribution < 1.29 is 18.6 Å². The monoisotopic (exact) mass is 265 g/mol. The maximum Gasteiger partial charge on any atom is 0.244 e. The first-order valence-corrected chi connectivity index (χ1v) is 6.34. The number of rotatable bonds is 4. The van der Waals surface area contributed by atoms with Crippen molar-refractivity contribution in [2.75, 3.05) is 13.2 Å². The minimum absolute atomic E-state index is 0.118. The van der Waals surface area contributed by atoms with E-state index in [1.807, 2.05) is 0 Å². The smallest absolute Gasteiger partial charge is 0.244 e. The SMILES string of the molecule is Cc1cc(O)c(S(=O)(=O)NCCO)cc1Cl. The lowest BCUT2D eigenvalue weighted by Crippen LogP contribution is -2.26. The molecule has 0 aliphatic rings. The Hall–Kier alpha value is -0.820. The number of aliphatic hydroxyl groups is 1. The van der Waals surface area contributed by atoms with Crippen LogP contribution in [0.25, 0.3) is 0 Å². The zero-order valence-corrected chi connectivity index (χ0v) is 10.1. The number of aliphatic hydroxyl groups excluding tert-OH is 1. The third-order valence-electron chi connectivity index (χ3n) is 1.93. The fourth-order valence-corrected chi connectivity index (χ4v) is 2.47. The molecule has 0 fully saturated rings. The Bertz CT molecular complexity index is 487. The van der Waals surface area contributed by atoms with Gasteiger partial charge in [0.05, 0.1) is 6.61 Å². The zero-order chi connectivity index (χ0) is 12.3. The molecule has 0 saturated heterocycles. The molecule has 0 saturated carbocycles. The molecule has 7 heteroatoms. The molecule has 0 amide bonds. The number of aryl methyl sites for hydroxylation is 1. The lowest BCUT2D eigenvalue weighted by atomic mass is 10.2. The van der Waals surface area contributed by atoms with E-state index in [1.165, 1.54) is 12.1 Å². The first kappa shape index (κ1) is 13.2. The number of aromatic hydroxyl groups is 1. The maximum atomic E-state index is 11.6. The average molecular weight is 266 g/mol. The van der Waals surface area contributed by atoms with E-state index in [0.717, 1.165) is 0 Å². The summed E-state index contributed by atoms with van der Waals surface area (Å²) in [7, 11) is -3.84. The summed E-state index contributed by atoms with van der Waals surface area (Å²) >= 11 is 5.77. The van der Waals surface area contributed by atoms with Gasteiger partial charge in [-0.05, 0) is 24.6 Å². The predicted molar refractivity (Wildman–Crippen MR) is 60.1 cm³/mol. The van der Waals surface area contributed by atoms with Crippen LogP contribution in [0.1, 0.15) is 5.56 Å². The molecule has 0 spiro atoms. The average Bonchev–Trinajstić information content (AvgIpc) is 2.20. The molecular weight excluding hydrogens is 254 g/mol. The van der Waals surface area contributed by atoms with Gasteiger partial charge in [0, 0.05) is 11.6 Å². The third kappa shape index (κ3) is 2.85. The van der Waals surface area contributed by atoms with Crippen LogP contribution in [-0.2, 0) is 10.0 Å². The molecule has 0 unspecified atom stereocenters. The first-order chi connectivity index (χ1) is 7.38. The van der Waals surface area contributed by atoms with Crippen molar-refractivity contribution in [2.24, 2.45) is 0 Å². The largest absolute Gasteiger partial charge is 0.507 e. The van der Waals surface area contributed by atoms with E-state index < -0.39 is 10.0 Å². The van der Waals surface area contributed by atoms with Crippen LogP contribution < -0.4 is 4.72 Å². The number of hydrogen-bond acceptors (Lipinski definition) is 4. The molecule has 5 nitrogen and oxygen atoms in total. The van der Waals surface area contributed by atoms with Gasteiger partial charge in [-0.25, -0.2) is 13.1 Å². The topological polar surface area (TPSA) is 86.6 Å². The summed E-state index contributed by atoms with van der Waals surface area (Å²) in [5, 5.41) is 18.3. The number of hydrogen-bond donors (Lipinski definition) is 3. The zero-order valence-electron chi connectivity index (χ0n) is 8.57. The highest BCUT2D eigenvalue weighted by atomic mass is 35.5. The minimum atomic E-state index is -3.84. The van der Waals surface area contributed by atoms with Gasteiger partial charge >= 0.3 is 0 Å². The van der Waals surface area contributed by atoms with E-state index in [4.69, 9.17) is 16.7 Å². The molecule has 0 radical (unpaired) electrons. The maximum absolute atomic E-state index is 11.6. The molecule has 90 valence electrons. The summed E-state index contributed by atoms with van der Waals surface area (Å²) in [4.78, 5) is -0.295.